The topological polar surface area (TPSA) is 60.7 Å². The van der Waals surface area contributed by atoms with Crippen LogP contribution in [0, 0.1) is 23.2 Å². The van der Waals surface area contributed by atoms with E-state index in [4.69, 9.17) is 0 Å². The van der Waals surface area contributed by atoms with Crippen LogP contribution in [0.2, 0.25) is 0 Å². The van der Waals surface area contributed by atoms with Gasteiger partial charge >= 0.3 is 0 Å². The van der Waals surface area contributed by atoms with Crippen molar-refractivity contribution in [3.05, 3.63) is 36.0 Å². The van der Waals surface area contributed by atoms with Gasteiger partial charge < -0.3 is 15.3 Å². The number of aliphatic hydroxyl groups excluding tert-OH is 2. The molecular weight excluding hydrogens is 372 g/mol. The van der Waals surface area contributed by atoms with Crippen LogP contribution in [0.4, 0.5) is 0 Å². The molecule has 2 aliphatic carbocycles. The van der Waals surface area contributed by atoms with Crippen molar-refractivity contribution in [1.82, 2.24) is 0 Å². The maximum absolute atomic E-state index is 10.1. The standard InChI is InChI=1S/C27H46O3/c1-7-15-27(6)22(12-8-11-21-17-23(28)18-25(29)20(21)3)13-14-24(27)19(2)10-9-16-26(4,5)30/h8,11-12,19,22-25,28-30H,3,7,9-10,13-18H2,1-2,4-6H3/b12-8+,21-11-/t19-,22?,23?,24-,25+,27+/m1/s1. The van der Waals surface area contributed by atoms with Crippen LogP contribution in [-0.2, 0) is 0 Å². The summed E-state index contributed by atoms with van der Waals surface area (Å²) in [5.74, 6) is 1.95. The second-order valence-electron chi connectivity index (χ2n) is 10.9. The minimum atomic E-state index is -0.626. The van der Waals surface area contributed by atoms with Crippen molar-refractivity contribution in [2.75, 3.05) is 0 Å². The van der Waals surface area contributed by atoms with Crippen molar-refractivity contribution < 1.29 is 15.3 Å². The first kappa shape index (κ1) is 25.4. The lowest BCUT2D eigenvalue weighted by atomic mass is 9.66. The monoisotopic (exact) mass is 418 g/mol. The van der Waals surface area contributed by atoms with Crippen LogP contribution in [0.3, 0.4) is 0 Å². The van der Waals surface area contributed by atoms with Gasteiger partial charge in [0.25, 0.3) is 0 Å². The van der Waals surface area contributed by atoms with Gasteiger partial charge in [0.2, 0.25) is 0 Å². The lowest BCUT2D eigenvalue weighted by molar-refractivity contribution is 0.0619. The fourth-order valence-electron chi connectivity index (χ4n) is 6.07. The molecule has 6 atom stereocenters. The largest absolute Gasteiger partial charge is 0.393 e. The molecule has 0 saturated heterocycles. The third-order valence-corrected chi connectivity index (χ3v) is 7.81. The van der Waals surface area contributed by atoms with Crippen LogP contribution in [0.1, 0.15) is 92.4 Å². The first-order valence-electron chi connectivity index (χ1n) is 12.1. The van der Waals surface area contributed by atoms with Crippen molar-refractivity contribution >= 4 is 0 Å². The fourth-order valence-corrected chi connectivity index (χ4v) is 6.07. The molecule has 0 amide bonds. The number of hydrogen-bond acceptors (Lipinski definition) is 3. The maximum atomic E-state index is 10.1. The molecule has 2 saturated carbocycles. The van der Waals surface area contributed by atoms with Gasteiger partial charge in [-0.3, -0.25) is 0 Å². The summed E-state index contributed by atoms with van der Waals surface area (Å²) in [7, 11) is 0. The Balaban J connectivity index is 2.06. The molecule has 0 aliphatic heterocycles. The lowest BCUT2D eigenvalue weighted by Crippen LogP contribution is -2.32. The van der Waals surface area contributed by atoms with E-state index in [2.05, 4.69) is 45.6 Å². The SMILES string of the molecule is C=C1/C(=C\C=C\C2CC[C@H]([C@H](C)CCCC(C)(C)O)[C@@]2(C)CCC)CC(O)C[C@@H]1O. The average Bonchev–Trinajstić information content (AvgIpc) is 2.94. The molecule has 0 aromatic rings. The minimum Gasteiger partial charge on any atom is -0.393 e. The van der Waals surface area contributed by atoms with Crippen LogP contribution in [0.15, 0.2) is 36.0 Å². The summed E-state index contributed by atoms with van der Waals surface area (Å²) < 4.78 is 0. The van der Waals surface area contributed by atoms with Crippen LogP contribution in [0.5, 0.6) is 0 Å². The summed E-state index contributed by atoms with van der Waals surface area (Å²) in [5.41, 5.74) is 1.47. The molecule has 0 spiro atoms. The Kier molecular flexibility index (Phi) is 8.97. The fraction of sp³-hybridized carbons (Fsp3) is 0.778. The number of rotatable bonds is 9. The predicted molar refractivity (Wildman–Crippen MR) is 126 cm³/mol. The van der Waals surface area contributed by atoms with Crippen LogP contribution < -0.4 is 0 Å². The molecule has 2 fully saturated rings. The Morgan fingerprint density at radius 1 is 1.27 bits per heavy atom. The van der Waals surface area contributed by atoms with Gasteiger partial charge in [0, 0.05) is 6.42 Å². The van der Waals surface area contributed by atoms with E-state index in [0.29, 0.717) is 30.1 Å². The lowest BCUT2D eigenvalue weighted by Gasteiger charge is -2.39. The van der Waals surface area contributed by atoms with Crippen LogP contribution in [0.25, 0.3) is 0 Å². The first-order chi connectivity index (χ1) is 14.0. The summed E-state index contributed by atoms with van der Waals surface area (Å²) in [5, 5.41) is 30.1. The smallest absolute Gasteiger partial charge is 0.0811 e. The zero-order valence-corrected chi connectivity index (χ0v) is 20.0. The number of allylic oxidation sites excluding steroid dienone is 3. The molecule has 0 radical (unpaired) electrons. The van der Waals surface area contributed by atoms with Crippen molar-refractivity contribution in [2.24, 2.45) is 23.2 Å². The Morgan fingerprint density at radius 2 is 1.97 bits per heavy atom. The highest BCUT2D eigenvalue weighted by Crippen LogP contribution is 2.55. The van der Waals surface area contributed by atoms with Crippen molar-refractivity contribution in [1.29, 1.82) is 0 Å². The summed E-state index contributed by atoms with van der Waals surface area (Å²) in [6.45, 7) is 15.0. The maximum Gasteiger partial charge on any atom is 0.0811 e. The second-order valence-corrected chi connectivity index (χ2v) is 10.9. The van der Waals surface area contributed by atoms with Gasteiger partial charge in [-0.1, -0.05) is 64.8 Å². The minimum absolute atomic E-state index is 0.306. The third-order valence-electron chi connectivity index (χ3n) is 7.81. The van der Waals surface area contributed by atoms with E-state index >= 15 is 0 Å². The van der Waals surface area contributed by atoms with Gasteiger partial charge in [-0.05, 0) is 80.3 Å². The second kappa shape index (κ2) is 10.6. The molecule has 172 valence electrons. The van der Waals surface area contributed by atoms with Gasteiger partial charge in [-0.25, -0.2) is 0 Å². The van der Waals surface area contributed by atoms with E-state index in [1.54, 1.807) is 0 Å². The quantitative estimate of drug-likeness (QED) is 0.433. The summed E-state index contributed by atoms with van der Waals surface area (Å²) in [4.78, 5) is 0. The third kappa shape index (κ3) is 6.55. The Labute approximate surface area is 185 Å². The normalized spacial score (nSPS) is 35.5. The molecule has 3 heteroatoms. The summed E-state index contributed by atoms with van der Waals surface area (Å²) in [6, 6.07) is 0. The van der Waals surface area contributed by atoms with Gasteiger partial charge in [0.05, 0.1) is 17.8 Å². The van der Waals surface area contributed by atoms with Gasteiger partial charge in [-0.2, -0.15) is 0 Å². The Bertz CT molecular complexity index is 627. The van der Waals surface area contributed by atoms with E-state index in [0.717, 1.165) is 29.9 Å². The molecule has 0 heterocycles. The van der Waals surface area contributed by atoms with Crippen molar-refractivity contribution in [3.8, 4) is 0 Å². The predicted octanol–water partition coefficient (Wildman–Crippen LogP) is 5.95. The van der Waals surface area contributed by atoms with Gasteiger partial charge in [0.15, 0.2) is 0 Å². The van der Waals surface area contributed by atoms with Gasteiger partial charge in [-0.15, -0.1) is 0 Å². The number of hydrogen-bond donors (Lipinski definition) is 3. The highest BCUT2D eigenvalue weighted by atomic mass is 16.3. The molecular formula is C27H46O3. The molecule has 3 nitrogen and oxygen atoms in total. The molecule has 2 rings (SSSR count). The van der Waals surface area contributed by atoms with Crippen molar-refractivity contribution in [3.63, 3.8) is 0 Å². The molecule has 0 aromatic carbocycles. The van der Waals surface area contributed by atoms with E-state index in [9.17, 15) is 15.3 Å². The van der Waals surface area contributed by atoms with Crippen LogP contribution in [-0.4, -0.2) is 33.1 Å². The zero-order chi connectivity index (χ0) is 22.5. The molecule has 2 unspecified atom stereocenters. The van der Waals surface area contributed by atoms with Crippen molar-refractivity contribution in [2.45, 2.75) is 110 Å². The van der Waals surface area contributed by atoms with E-state index in [1.165, 1.54) is 32.1 Å². The van der Waals surface area contributed by atoms with Crippen LogP contribution >= 0.6 is 0 Å². The summed E-state index contributed by atoms with van der Waals surface area (Å²) >= 11 is 0. The van der Waals surface area contributed by atoms with E-state index < -0.39 is 17.8 Å². The van der Waals surface area contributed by atoms with Gasteiger partial charge in [0.1, 0.15) is 0 Å². The molecule has 30 heavy (non-hydrogen) atoms. The molecule has 0 bridgehead atoms. The Hall–Kier alpha value is -0.900. The summed E-state index contributed by atoms with van der Waals surface area (Å²) in [6.07, 6.45) is 14.5. The highest BCUT2D eigenvalue weighted by Gasteiger charge is 2.46. The molecule has 2 aliphatic rings. The Morgan fingerprint density at radius 3 is 2.60 bits per heavy atom. The highest BCUT2D eigenvalue weighted by molar-refractivity contribution is 5.37. The number of aliphatic hydroxyl groups is 3. The molecule has 3 N–H and O–H groups in total. The van der Waals surface area contributed by atoms with E-state index in [1.807, 2.05) is 13.8 Å². The molecule has 0 aromatic heterocycles. The van der Waals surface area contributed by atoms with E-state index in [-0.39, 0.29) is 0 Å². The zero-order valence-electron chi connectivity index (χ0n) is 20.0. The first-order valence-corrected chi connectivity index (χ1v) is 12.1. The average molecular weight is 419 g/mol.